The van der Waals surface area contributed by atoms with E-state index in [4.69, 9.17) is 15.2 Å². The summed E-state index contributed by atoms with van der Waals surface area (Å²) in [7, 11) is 0. The van der Waals surface area contributed by atoms with Crippen LogP contribution in [0.5, 0.6) is 11.5 Å². The molecule has 3 N–H and O–H groups in total. The number of ether oxygens (including phenoxy) is 2. The van der Waals surface area contributed by atoms with Crippen molar-refractivity contribution in [3.05, 3.63) is 58.1 Å². The largest absolute Gasteiger partial charge is 0.490 e. The van der Waals surface area contributed by atoms with Gasteiger partial charge in [0.15, 0.2) is 11.5 Å². The van der Waals surface area contributed by atoms with Gasteiger partial charge in [0.1, 0.15) is 6.61 Å². The third-order valence-electron chi connectivity index (χ3n) is 2.98. The van der Waals surface area contributed by atoms with Crippen molar-refractivity contribution in [3.63, 3.8) is 0 Å². The number of hydrazone groups is 1. The average Bonchev–Trinajstić information content (AvgIpc) is 2.57. The minimum atomic E-state index is -0.727. The van der Waals surface area contributed by atoms with E-state index in [2.05, 4.69) is 26.5 Å². The molecule has 0 radical (unpaired) electrons. The zero-order chi connectivity index (χ0) is 17.4. The van der Waals surface area contributed by atoms with E-state index in [0.717, 1.165) is 15.6 Å². The number of nitrogens with zero attached hydrogens (tertiary/aromatic N) is 1. The summed E-state index contributed by atoms with van der Waals surface area (Å²) in [6.07, 6.45) is 1.47. The van der Waals surface area contributed by atoms with Crippen LogP contribution in [0.1, 0.15) is 18.1 Å². The first-order valence-corrected chi connectivity index (χ1v) is 8.11. The highest BCUT2D eigenvalue weighted by Crippen LogP contribution is 2.33. The molecular weight excluding hydrogens is 374 g/mol. The Morgan fingerprint density at radius 2 is 1.96 bits per heavy atom. The molecule has 126 valence electrons. The number of nitrogens with two attached hydrogens (primary N) is 1. The summed E-state index contributed by atoms with van der Waals surface area (Å²) in [6, 6.07) is 12.7. The maximum Gasteiger partial charge on any atom is 0.332 e. The molecule has 0 aliphatic heterocycles. The highest BCUT2D eigenvalue weighted by molar-refractivity contribution is 9.10. The Bertz CT molecular complexity index is 721. The van der Waals surface area contributed by atoms with Gasteiger partial charge < -0.3 is 15.2 Å². The van der Waals surface area contributed by atoms with Gasteiger partial charge in [-0.15, -0.1) is 0 Å². The Kier molecular flexibility index (Phi) is 6.62. The summed E-state index contributed by atoms with van der Waals surface area (Å²) in [5.74, 6) is 1.21. The lowest BCUT2D eigenvalue weighted by Gasteiger charge is -2.14. The lowest BCUT2D eigenvalue weighted by atomic mass is 10.2. The molecule has 6 nitrogen and oxygen atoms in total. The molecular formula is C17H18BrN3O3. The van der Waals surface area contributed by atoms with Crippen molar-refractivity contribution in [1.29, 1.82) is 0 Å². The number of nitrogens with one attached hydrogen (secondary N) is 1. The third kappa shape index (κ3) is 5.27. The summed E-state index contributed by atoms with van der Waals surface area (Å²) in [5, 5.41) is 3.75. The number of hydrogen-bond acceptors (Lipinski definition) is 4. The van der Waals surface area contributed by atoms with Crippen LogP contribution in [0, 0.1) is 0 Å². The summed E-state index contributed by atoms with van der Waals surface area (Å²) in [6.45, 7) is 2.83. The lowest BCUT2D eigenvalue weighted by Crippen LogP contribution is -2.24. The molecule has 2 aromatic carbocycles. The van der Waals surface area contributed by atoms with Gasteiger partial charge in [0.05, 0.1) is 12.8 Å². The van der Waals surface area contributed by atoms with Crippen LogP contribution in [0.2, 0.25) is 0 Å². The van der Waals surface area contributed by atoms with Gasteiger partial charge in [0.25, 0.3) is 0 Å². The van der Waals surface area contributed by atoms with Crippen LogP contribution in [-0.4, -0.2) is 18.9 Å². The number of halogens is 1. The first-order chi connectivity index (χ1) is 11.6. The molecule has 0 aliphatic rings. The monoisotopic (exact) mass is 391 g/mol. The van der Waals surface area contributed by atoms with E-state index < -0.39 is 6.03 Å². The number of hydrogen-bond donors (Lipinski definition) is 2. The zero-order valence-electron chi connectivity index (χ0n) is 13.2. The number of primary amides is 1. The quantitative estimate of drug-likeness (QED) is 0.559. The highest BCUT2D eigenvalue weighted by Gasteiger charge is 2.10. The molecule has 0 aromatic heterocycles. The first-order valence-electron chi connectivity index (χ1n) is 7.31. The van der Waals surface area contributed by atoms with Crippen LogP contribution in [-0.2, 0) is 6.61 Å². The second-order valence-electron chi connectivity index (χ2n) is 4.76. The molecule has 2 rings (SSSR count). The van der Waals surface area contributed by atoms with Crippen LogP contribution in [0.15, 0.2) is 52.0 Å². The van der Waals surface area contributed by atoms with Gasteiger partial charge in [-0.2, -0.15) is 5.10 Å². The van der Waals surface area contributed by atoms with Crippen molar-refractivity contribution < 1.29 is 14.3 Å². The van der Waals surface area contributed by atoms with Gasteiger partial charge in [-0.1, -0.05) is 30.3 Å². The average molecular weight is 392 g/mol. The number of amides is 2. The fourth-order valence-corrected chi connectivity index (χ4v) is 2.36. The molecule has 0 spiro atoms. The van der Waals surface area contributed by atoms with E-state index in [-0.39, 0.29) is 0 Å². The summed E-state index contributed by atoms with van der Waals surface area (Å²) < 4.78 is 12.2. The van der Waals surface area contributed by atoms with Crippen LogP contribution in [0.25, 0.3) is 0 Å². The number of benzene rings is 2. The molecule has 0 heterocycles. The predicted octanol–water partition coefficient (Wildman–Crippen LogP) is 3.43. The van der Waals surface area contributed by atoms with Crippen LogP contribution in [0.3, 0.4) is 0 Å². The van der Waals surface area contributed by atoms with E-state index in [1.165, 1.54) is 6.21 Å². The minimum absolute atomic E-state index is 0.435. The Labute approximate surface area is 148 Å². The van der Waals surface area contributed by atoms with Gasteiger partial charge >= 0.3 is 6.03 Å². The van der Waals surface area contributed by atoms with Crippen LogP contribution < -0.4 is 20.6 Å². The SMILES string of the molecule is CCOc1cc(C=NNC(N)=O)c(Br)cc1OCc1ccccc1. The minimum Gasteiger partial charge on any atom is -0.490 e. The molecule has 0 fully saturated rings. The molecule has 24 heavy (non-hydrogen) atoms. The fourth-order valence-electron chi connectivity index (χ4n) is 1.93. The molecule has 0 atom stereocenters. The molecule has 0 aliphatic carbocycles. The molecule has 2 amide bonds. The number of urea groups is 1. The number of carbonyl (C=O) groups excluding carboxylic acids is 1. The normalized spacial score (nSPS) is 10.6. The molecule has 0 unspecified atom stereocenters. The maximum atomic E-state index is 10.7. The standard InChI is InChI=1S/C17H18BrN3O3/c1-2-23-15-8-13(10-20-21-17(19)22)14(18)9-16(15)24-11-12-6-4-3-5-7-12/h3-10H,2,11H2,1H3,(H3,19,21,22). The van der Waals surface area contributed by atoms with Crippen molar-refractivity contribution in [2.24, 2.45) is 10.8 Å². The van der Waals surface area contributed by atoms with Crippen molar-refractivity contribution in [2.45, 2.75) is 13.5 Å². The second-order valence-corrected chi connectivity index (χ2v) is 5.62. The number of rotatable bonds is 7. The van der Waals surface area contributed by atoms with Crippen molar-refractivity contribution >= 4 is 28.2 Å². The fraction of sp³-hybridized carbons (Fsp3) is 0.176. The predicted molar refractivity (Wildman–Crippen MR) is 96.4 cm³/mol. The van der Waals surface area contributed by atoms with E-state index in [9.17, 15) is 4.79 Å². The lowest BCUT2D eigenvalue weighted by molar-refractivity contribution is 0.249. The third-order valence-corrected chi connectivity index (χ3v) is 3.67. The summed E-state index contributed by atoms with van der Waals surface area (Å²) >= 11 is 3.46. The molecule has 2 aromatic rings. The van der Waals surface area contributed by atoms with Gasteiger partial charge in [-0.25, -0.2) is 10.2 Å². The van der Waals surface area contributed by atoms with Crippen molar-refractivity contribution in [2.75, 3.05) is 6.61 Å². The van der Waals surface area contributed by atoms with Crippen molar-refractivity contribution in [1.82, 2.24) is 5.43 Å². The highest BCUT2D eigenvalue weighted by atomic mass is 79.9. The van der Waals surface area contributed by atoms with Gasteiger partial charge in [0.2, 0.25) is 0 Å². The molecule has 0 bridgehead atoms. The van der Waals surface area contributed by atoms with E-state index in [1.807, 2.05) is 37.3 Å². The second kappa shape index (κ2) is 8.93. The smallest absolute Gasteiger partial charge is 0.332 e. The van der Waals surface area contributed by atoms with Gasteiger partial charge in [0, 0.05) is 10.0 Å². The molecule has 7 heteroatoms. The Morgan fingerprint density at radius 1 is 1.25 bits per heavy atom. The Balaban J connectivity index is 2.19. The Morgan fingerprint density at radius 3 is 2.62 bits per heavy atom. The van der Waals surface area contributed by atoms with Gasteiger partial charge in [-0.3, -0.25) is 0 Å². The van der Waals surface area contributed by atoms with E-state index >= 15 is 0 Å². The van der Waals surface area contributed by atoms with E-state index in [0.29, 0.717) is 24.7 Å². The Hall–Kier alpha value is -2.54. The molecule has 0 saturated heterocycles. The van der Waals surface area contributed by atoms with Crippen LogP contribution in [0.4, 0.5) is 4.79 Å². The maximum absolute atomic E-state index is 10.7. The van der Waals surface area contributed by atoms with Gasteiger partial charge in [-0.05, 0) is 40.5 Å². The van der Waals surface area contributed by atoms with Crippen molar-refractivity contribution in [3.8, 4) is 11.5 Å². The molecule has 0 saturated carbocycles. The number of carbonyl (C=O) groups is 1. The van der Waals surface area contributed by atoms with E-state index in [1.54, 1.807) is 12.1 Å². The zero-order valence-corrected chi connectivity index (χ0v) is 14.7. The first kappa shape index (κ1) is 17.8. The van der Waals surface area contributed by atoms with Crippen LogP contribution >= 0.6 is 15.9 Å². The topological polar surface area (TPSA) is 85.9 Å². The summed E-state index contributed by atoms with van der Waals surface area (Å²) in [4.78, 5) is 10.7. The summed E-state index contributed by atoms with van der Waals surface area (Å²) in [5.41, 5.74) is 8.90.